The van der Waals surface area contributed by atoms with Crippen molar-refractivity contribution in [3.63, 3.8) is 0 Å². The maximum atomic E-state index is 13.1. The minimum absolute atomic E-state index is 0.0289. The van der Waals surface area contributed by atoms with Gasteiger partial charge in [-0.1, -0.05) is 23.7 Å². The number of halogens is 2. The molecule has 0 radical (unpaired) electrons. The summed E-state index contributed by atoms with van der Waals surface area (Å²) in [5.41, 5.74) is 0.937. The summed E-state index contributed by atoms with van der Waals surface area (Å²) in [6, 6.07) is 10.5. The van der Waals surface area contributed by atoms with E-state index in [0.29, 0.717) is 16.1 Å². The van der Waals surface area contributed by atoms with Crippen molar-refractivity contribution in [3.05, 3.63) is 64.8 Å². The van der Waals surface area contributed by atoms with Crippen molar-refractivity contribution in [1.82, 2.24) is 14.9 Å². The molecule has 136 valence electrons. The van der Waals surface area contributed by atoms with Crippen LogP contribution in [0, 0.1) is 12.7 Å². The monoisotopic (exact) mass is 395 g/mol. The average Bonchev–Trinajstić information content (AvgIpc) is 3.03. The molecular weight excluding hydrogens is 381 g/mol. The van der Waals surface area contributed by atoms with Gasteiger partial charge in [0.2, 0.25) is 21.8 Å². The molecule has 0 unspecified atom stereocenters. The molecule has 0 aliphatic rings. The summed E-state index contributed by atoms with van der Waals surface area (Å²) in [7, 11) is -3.76. The number of rotatable bonds is 6. The summed E-state index contributed by atoms with van der Waals surface area (Å²) in [5.74, 6) is 0.0562. The average molecular weight is 396 g/mol. The van der Waals surface area contributed by atoms with Crippen LogP contribution < -0.4 is 4.72 Å². The molecule has 0 saturated carbocycles. The summed E-state index contributed by atoms with van der Waals surface area (Å²) >= 11 is 6.08. The molecule has 26 heavy (non-hydrogen) atoms. The van der Waals surface area contributed by atoms with Crippen LogP contribution in [0.1, 0.15) is 11.5 Å². The molecule has 0 atom stereocenters. The first kappa shape index (κ1) is 18.5. The van der Waals surface area contributed by atoms with E-state index in [1.807, 2.05) is 0 Å². The summed E-state index contributed by atoms with van der Waals surface area (Å²) < 4.78 is 45.7. The number of hydrogen-bond acceptors (Lipinski definition) is 5. The van der Waals surface area contributed by atoms with Gasteiger partial charge in [-0.15, -0.1) is 10.2 Å². The van der Waals surface area contributed by atoms with Crippen molar-refractivity contribution in [3.8, 4) is 11.5 Å². The number of nitrogens with one attached hydrogen (secondary N) is 1. The molecule has 0 saturated heterocycles. The molecule has 2 aromatic carbocycles. The highest BCUT2D eigenvalue weighted by molar-refractivity contribution is 7.89. The molecule has 0 bridgehead atoms. The largest absolute Gasteiger partial charge is 0.421 e. The highest BCUT2D eigenvalue weighted by Crippen LogP contribution is 2.26. The minimum atomic E-state index is -3.76. The Balaban J connectivity index is 1.66. The predicted molar refractivity (Wildman–Crippen MR) is 94.8 cm³/mol. The molecule has 9 heteroatoms. The van der Waals surface area contributed by atoms with Crippen LogP contribution >= 0.6 is 11.6 Å². The highest BCUT2D eigenvalue weighted by Gasteiger charge is 2.17. The second-order valence-electron chi connectivity index (χ2n) is 5.54. The number of sulfonamides is 1. The minimum Gasteiger partial charge on any atom is -0.421 e. The van der Waals surface area contributed by atoms with Gasteiger partial charge in [-0.2, -0.15) is 0 Å². The molecule has 0 aliphatic carbocycles. The Hall–Kier alpha value is -2.29. The molecule has 0 amide bonds. The number of hydrogen-bond donors (Lipinski definition) is 1. The lowest BCUT2D eigenvalue weighted by Crippen LogP contribution is -2.26. The summed E-state index contributed by atoms with van der Waals surface area (Å²) in [6.45, 7) is 1.59. The molecule has 6 nitrogen and oxygen atoms in total. The quantitative estimate of drug-likeness (QED) is 0.691. The van der Waals surface area contributed by atoms with Crippen LogP contribution in [-0.2, 0) is 16.4 Å². The highest BCUT2D eigenvalue weighted by atomic mass is 35.5. The molecule has 3 rings (SSSR count). The van der Waals surface area contributed by atoms with E-state index in [-0.39, 0.29) is 29.6 Å². The maximum absolute atomic E-state index is 13.1. The van der Waals surface area contributed by atoms with Crippen molar-refractivity contribution in [1.29, 1.82) is 0 Å². The molecular formula is C17H15ClFN3O3S. The molecule has 1 aromatic heterocycles. The lowest BCUT2D eigenvalue weighted by molar-refractivity contribution is 0.502. The Kier molecular flexibility index (Phi) is 5.36. The molecule has 3 aromatic rings. The van der Waals surface area contributed by atoms with Crippen LogP contribution in [0.3, 0.4) is 0 Å². The van der Waals surface area contributed by atoms with Gasteiger partial charge in [0, 0.05) is 13.0 Å². The Morgan fingerprint density at radius 2 is 1.96 bits per heavy atom. The fourth-order valence-corrected chi connectivity index (χ4v) is 3.86. The predicted octanol–water partition coefficient (Wildman–Crippen LogP) is 3.36. The van der Waals surface area contributed by atoms with E-state index in [0.717, 1.165) is 6.07 Å². The number of aromatic nitrogens is 2. The van der Waals surface area contributed by atoms with Crippen molar-refractivity contribution >= 4 is 21.6 Å². The summed E-state index contributed by atoms with van der Waals surface area (Å²) in [6.07, 6.45) is 0.205. The second kappa shape index (κ2) is 7.53. The van der Waals surface area contributed by atoms with Gasteiger partial charge < -0.3 is 4.42 Å². The Morgan fingerprint density at radius 1 is 1.19 bits per heavy atom. The van der Waals surface area contributed by atoms with Crippen molar-refractivity contribution < 1.29 is 17.2 Å². The normalized spacial score (nSPS) is 11.7. The van der Waals surface area contributed by atoms with E-state index in [2.05, 4.69) is 14.9 Å². The van der Waals surface area contributed by atoms with E-state index < -0.39 is 15.8 Å². The first-order valence-electron chi connectivity index (χ1n) is 7.70. The fraction of sp³-hybridized carbons (Fsp3) is 0.176. The molecule has 0 spiro atoms. The Labute approximate surface area is 155 Å². The van der Waals surface area contributed by atoms with Crippen molar-refractivity contribution in [2.24, 2.45) is 0 Å². The standard InChI is InChI=1S/C17H15ClFN3O3S/c1-11-10-12(19)6-7-15(11)26(23,24)20-9-8-16-21-22-17(25-16)13-4-2-3-5-14(13)18/h2-7,10,20H,8-9H2,1H3. The van der Waals surface area contributed by atoms with Crippen LogP contribution in [0.25, 0.3) is 11.5 Å². The molecule has 1 heterocycles. The van der Waals surface area contributed by atoms with Crippen LogP contribution in [0.2, 0.25) is 5.02 Å². The van der Waals surface area contributed by atoms with Crippen molar-refractivity contribution in [2.75, 3.05) is 6.54 Å². The van der Waals surface area contributed by atoms with Gasteiger partial charge in [-0.05, 0) is 42.8 Å². The summed E-state index contributed by atoms with van der Waals surface area (Å²) in [4.78, 5) is 0.0289. The lowest BCUT2D eigenvalue weighted by Gasteiger charge is -2.08. The third kappa shape index (κ3) is 4.09. The van der Waals surface area contributed by atoms with E-state index >= 15 is 0 Å². The summed E-state index contributed by atoms with van der Waals surface area (Å²) in [5, 5.41) is 8.30. The lowest BCUT2D eigenvalue weighted by atomic mass is 10.2. The van der Waals surface area contributed by atoms with E-state index in [1.54, 1.807) is 24.3 Å². The zero-order valence-corrected chi connectivity index (χ0v) is 15.3. The third-order valence-electron chi connectivity index (χ3n) is 3.63. The van der Waals surface area contributed by atoms with E-state index in [1.165, 1.54) is 19.1 Å². The van der Waals surface area contributed by atoms with Gasteiger partial charge in [0.25, 0.3) is 0 Å². The van der Waals surface area contributed by atoms with Crippen LogP contribution in [0.5, 0.6) is 0 Å². The van der Waals surface area contributed by atoms with Gasteiger partial charge in [0.15, 0.2) is 0 Å². The number of nitrogens with zero attached hydrogens (tertiary/aromatic N) is 2. The second-order valence-corrected chi connectivity index (χ2v) is 7.68. The van der Waals surface area contributed by atoms with Crippen LogP contribution in [-0.4, -0.2) is 25.2 Å². The molecule has 0 aliphatic heterocycles. The number of benzene rings is 2. The van der Waals surface area contributed by atoms with Crippen LogP contribution in [0.15, 0.2) is 51.8 Å². The Bertz CT molecular complexity index is 1040. The van der Waals surface area contributed by atoms with E-state index in [4.69, 9.17) is 16.0 Å². The maximum Gasteiger partial charge on any atom is 0.249 e. The van der Waals surface area contributed by atoms with Crippen LogP contribution in [0.4, 0.5) is 4.39 Å². The van der Waals surface area contributed by atoms with Gasteiger partial charge in [0.05, 0.1) is 15.5 Å². The third-order valence-corrected chi connectivity index (χ3v) is 5.58. The Morgan fingerprint density at radius 3 is 2.69 bits per heavy atom. The fourth-order valence-electron chi connectivity index (χ4n) is 2.38. The molecule has 1 N–H and O–H groups in total. The van der Waals surface area contributed by atoms with Gasteiger partial charge in [-0.25, -0.2) is 17.5 Å². The van der Waals surface area contributed by atoms with Gasteiger partial charge >= 0.3 is 0 Å². The first-order chi connectivity index (χ1) is 12.4. The SMILES string of the molecule is Cc1cc(F)ccc1S(=O)(=O)NCCc1nnc(-c2ccccc2Cl)o1. The van der Waals surface area contributed by atoms with Gasteiger partial charge in [0.1, 0.15) is 5.82 Å². The first-order valence-corrected chi connectivity index (χ1v) is 9.56. The van der Waals surface area contributed by atoms with E-state index in [9.17, 15) is 12.8 Å². The molecule has 0 fully saturated rings. The zero-order valence-electron chi connectivity index (χ0n) is 13.7. The smallest absolute Gasteiger partial charge is 0.249 e. The number of aryl methyl sites for hydroxylation is 1. The van der Waals surface area contributed by atoms with Crippen molar-refractivity contribution in [2.45, 2.75) is 18.2 Å². The van der Waals surface area contributed by atoms with Gasteiger partial charge in [-0.3, -0.25) is 0 Å². The topological polar surface area (TPSA) is 85.1 Å². The zero-order chi connectivity index (χ0) is 18.7.